The first-order valence-electron chi connectivity index (χ1n) is 5.79. The number of halogens is 3. The van der Waals surface area contributed by atoms with E-state index in [4.69, 9.17) is 23.8 Å². The highest BCUT2D eigenvalue weighted by molar-refractivity contribution is 14.1. The summed E-state index contributed by atoms with van der Waals surface area (Å²) in [5.41, 5.74) is 1.02. The summed E-state index contributed by atoms with van der Waals surface area (Å²) in [6.45, 7) is 0. The van der Waals surface area contributed by atoms with E-state index in [-0.39, 0.29) is 16.0 Å². The third kappa shape index (κ3) is 4.36. The van der Waals surface area contributed by atoms with E-state index in [1.54, 1.807) is 12.1 Å². The van der Waals surface area contributed by atoms with Gasteiger partial charge in [0.05, 0.1) is 10.6 Å². The lowest BCUT2D eigenvalue weighted by Crippen LogP contribution is -2.34. The number of amides is 1. The molecule has 2 aromatic rings. The Hall–Kier alpha value is -1.25. The summed E-state index contributed by atoms with van der Waals surface area (Å²) in [4.78, 5) is 12.1. The van der Waals surface area contributed by atoms with E-state index >= 15 is 0 Å². The highest BCUT2D eigenvalue weighted by atomic mass is 127. The number of nitrogens with one attached hydrogen (secondary N) is 2. The number of hydrogen-bond donors (Lipinski definition) is 2. The van der Waals surface area contributed by atoms with Crippen molar-refractivity contribution in [3.63, 3.8) is 0 Å². The van der Waals surface area contributed by atoms with Gasteiger partial charge in [-0.05, 0) is 65.1 Å². The summed E-state index contributed by atoms with van der Waals surface area (Å²) < 4.78 is 13.9. The molecule has 0 aromatic heterocycles. The molecule has 2 N–H and O–H groups in total. The van der Waals surface area contributed by atoms with Crippen LogP contribution in [0.3, 0.4) is 0 Å². The smallest absolute Gasteiger partial charge is 0.258 e. The van der Waals surface area contributed by atoms with E-state index in [1.807, 2.05) is 12.1 Å². The molecule has 1 amide bonds. The minimum absolute atomic E-state index is 0.0215. The molecule has 0 heterocycles. The minimum Gasteiger partial charge on any atom is -0.332 e. The maximum Gasteiger partial charge on any atom is 0.258 e. The number of benzene rings is 2. The van der Waals surface area contributed by atoms with Crippen LogP contribution in [0.4, 0.5) is 10.1 Å². The van der Waals surface area contributed by atoms with E-state index < -0.39 is 5.82 Å². The highest BCUT2D eigenvalue weighted by Crippen LogP contribution is 2.19. The van der Waals surface area contributed by atoms with Crippen molar-refractivity contribution in [1.82, 2.24) is 5.32 Å². The zero-order chi connectivity index (χ0) is 15.4. The van der Waals surface area contributed by atoms with E-state index in [9.17, 15) is 9.18 Å². The highest BCUT2D eigenvalue weighted by Gasteiger charge is 2.11. The van der Waals surface area contributed by atoms with Crippen LogP contribution in [0.1, 0.15) is 10.4 Å². The number of thiocarbonyl (C=S) groups is 1. The fourth-order valence-electron chi connectivity index (χ4n) is 1.55. The summed E-state index contributed by atoms with van der Waals surface area (Å²) in [7, 11) is 0. The normalized spacial score (nSPS) is 10.0. The fourth-order valence-corrected chi connectivity index (χ4v) is 2.58. The zero-order valence-corrected chi connectivity index (χ0v) is 14.2. The van der Waals surface area contributed by atoms with Crippen molar-refractivity contribution in [2.24, 2.45) is 0 Å². The van der Waals surface area contributed by atoms with Crippen LogP contribution >= 0.6 is 46.4 Å². The fraction of sp³-hybridized carbons (Fsp3) is 0. The van der Waals surface area contributed by atoms with Gasteiger partial charge in [-0.3, -0.25) is 10.1 Å². The lowest BCUT2D eigenvalue weighted by Gasteiger charge is -2.10. The van der Waals surface area contributed by atoms with Crippen LogP contribution in [0.2, 0.25) is 5.02 Å². The monoisotopic (exact) mass is 434 g/mol. The third-order valence-corrected chi connectivity index (χ3v) is 3.96. The molecule has 0 bridgehead atoms. The first kappa shape index (κ1) is 16.1. The van der Waals surface area contributed by atoms with Gasteiger partial charge in [-0.1, -0.05) is 23.7 Å². The van der Waals surface area contributed by atoms with Crippen LogP contribution in [0.5, 0.6) is 0 Å². The van der Waals surface area contributed by atoms with Crippen molar-refractivity contribution in [2.75, 3.05) is 5.32 Å². The largest absolute Gasteiger partial charge is 0.332 e. The Balaban J connectivity index is 2.03. The third-order valence-electron chi connectivity index (χ3n) is 2.52. The number of carbonyl (C=O) groups excluding carboxylic acids is 1. The second kappa shape index (κ2) is 7.15. The zero-order valence-electron chi connectivity index (χ0n) is 10.5. The van der Waals surface area contributed by atoms with Crippen molar-refractivity contribution in [3.05, 3.63) is 62.4 Å². The SMILES string of the molecule is O=C(NC(=S)Nc1ccc(F)c(Cl)c1)c1ccccc1I. The van der Waals surface area contributed by atoms with Crippen LogP contribution in [0, 0.1) is 9.39 Å². The summed E-state index contributed by atoms with van der Waals surface area (Å²) in [5, 5.41) is 5.43. The van der Waals surface area contributed by atoms with Gasteiger partial charge >= 0.3 is 0 Å². The Morgan fingerprint density at radius 1 is 1.24 bits per heavy atom. The molecule has 0 unspecified atom stereocenters. The number of carbonyl (C=O) groups is 1. The molecule has 2 aromatic carbocycles. The number of hydrogen-bond acceptors (Lipinski definition) is 2. The van der Waals surface area contributed by atoms with Crippen molar-refractivity contribution >= 4 is 63.1 Å². The summed E-state index contributed by atoms with van der Waals surface area (Å²) >= 11 is 12.8. The molecule has 7 heteroatoms. The first-order chi connectivity index (χ1) is 9.97. The molecule has 0 aliphatic heterocycles. The van der Waals surface area contributed by atoms with Gasteiger partial charge in [0.15, 0.2) is 5.11 Å². The number of anilines is 1. The number of rotatable bonds is 2. The molecule has 3 nitrogen and oxygen atoms in total. The molecular formula is C14H9ClFIN2OS. The summed E-state index contributed by atoms with van der Waals surface area (Å²) in [5.74, 6) is -0.832. The standard InChI is InChI=1S/C14H9ClFIN2OS/c15-10-7-8(5-6-11(10)16)18-14(21)19-13(20)9-3-1-2-4-12(9)17/h1-7H,(H2,18,19,20,21). The van der Waals surface area contributed by atoms with Gasteiger partial charge in [-0.15, -0.1) is 0 Å². The molecule has 0 spiro atoms. The van der Waals surface area contributed by atoms with Gasteiger partial charge in [0, 0.05) is 9.26 Å². The van der Waals surface area contributed by atoms with E-state index in [2.05, 4.69) is 33.2 Å². The Morgan fingerprint density at radius 3 is 2.62 bits per heavy atom. The molecular weight excluding hydrogens is 426 g/mol. The predicted octanol–water partition coefficient (Wildman–Crippen LogP) is 4.21. The van der Waals surface area contributed by atoms with Gasteiger partial charge in [0.2, 0.25) is 0 Å². The Morgan fingerprint density at radius 2 is 1.95 bits per heavy atom. The van der Waals surface area contributed by atoms with Gasteiger partial charge in [-0.25, -0.2) is 4.39 Å². The maximum absolute atomic E-state index is 13.0. The molecule has 21 heavy (non-hydrogen) atoms. The quantitative estimate of drug-likeness (QED) is 0.550. The van der Waals surface area contributed by atoms with Crippen LogP contribution in [0.25, 0.3) is 0 Å². The maximum atomic E-state index is 13.0. The average molecular weight is 435 g/mol. The van der Waals surface area contributed by atoms with Gasteiger partial charge in [0.1, 0.15) is 5.82 Å². The topological polar surface area (TPSA) is 41.1 Å². The molecule has 0 saturated carbocycles. The van der Waals surface area contributed by atoms with Crippen molar-refractivity contribution in [3.8, 4) is 0 Å². The molecule has 0 fully saturated rings. The Bertz CT molecular complexity index is 711. The molecule has 0 aliphatic carbocycles. The first-order valence-corrected chi connectivity index (χ1v) is 7.66. The van der Waals surface area contributed by atoms with Crippen LogP contribution < -0.4 is 10.6 Å². The van der Waals surface area contributed by atoms with Crippen LogP contribution in [-0.2, 0) is 0 Å². The predicted molar refractivity (Wildman–Crippen MR) is 94.3 cm³/mol. The molecule has 0 atom stereocenters. The molecule has 0 saturated heterocycles. The molecule has 0 radical (unpaired) electrons. The lowest BCUT2D eigenvalue weighted by atomic mass is 10.2. The van der Waals surface area contributed by atoms with Gasteiger partial charge in [-0.2, -0.15) is 0 Å². The van der Waals surface area contributed by atoms with E-state index in [0.717, 1.165) is 3.57 Å². The molecule has 2 rings (SSSR count). The Kier molecular flexibility index (Phi) is 5.49. The summed E-state index contributed by atoms with van der Waals surface area (Å²) in [6.07, 6.45) is 0. The van der Waals surface area contributed by atoms with Crippen molar-refractivity contribution < 1.29 is 9.18 Å². The minimum atomic E-state index is -0.518. The second-order valence-corrected chi connectivity index (χ2v) is 5.99. The Labute approximate surface area is 145 Å². The van der Waals surface area contributed by atoms with E-state index in [1.165, 1.54) is 18.2 Å². The second-order valence-electron chi connectivity index (χ2n) is 4.02. The van der Waals surface area contributed by atoms with Crippen LogP contribution in [-0.4, -0.2) is 11.0 Å². The average Bonchev–Trinajstić information content (AvgIpc) is 2.43. The van der Waals surface area contributed by atoms with Gasteiger partial charge < -0.3 is 5.32 Å². The molecule has 108 valence electrons. The molecule has 0 aliphatic rings. The van der Waals surface area contributed by atoms with Crippen LogP contribution in [0.15, 0.2) is 42.5 Å². The van der Waals surface area contributed by atoms with Crippen molar-refractivity contribution in [2.45, 2.75) is 0 Å². The summed E-state index contributed by atoms with van der Waals surface area (Å²) in [6, 6.07) is 11.2. The lowest BCUT2D eigenvalue weighted by molar-refractivity contribution is 0.0977. The van der Waals surface area contributed by atoms with E-state index in [0.29, 0.717) is 11.3 Å². The van der Waals surface area contributed by atoms with Gasteiger partial charge in [0.25, 0.3) is 5.91 Å². The van der Waals surface area contributed by atoms with Crippen molar-refractivity contribution in [1.29, 1.82) is 0 Å².